The van der Waals surface area contributed by atoms with E-state index in [4.69, 9.17) is 4.84 Å². The van der Waals surface area contributed by atoms with Crippen LogP contribution in [0.25, 0.3) is 0 Å². The number of carbonyl (C=O) groups is 3. The fourth-order valence-corrected chi connectivity index (χ4v) is 2.40. The van der Waals surface area contributed by atoms with Gasteiger partial charge in [-0.1, -0.05) is 23.3 Å². The number of fused-ring (bicyclic) bond motifs is 1. The van der Waals surface area contributed by atoms with E-state index in [0.29, 0.717) is 11.5 Å². The van der Waals surface area contributed by atoms with Gasteiger partial charge < -0.3 is 4.84 Å². The minimum Gasteiger partial charge on any atom is -0.330 e. The third-order valence-electron chi connectivity index (χ3n) is 3.50. The van der Waals surface area contributed by atoms with E-state index < -0.39 is 17.8 Å². The quantitative estimate of drug-likeness (QED) is 0.808. The van der Waals surface area contributed by atoms with E-state index in [1.165, 1.54) is 12.1 Å². The molecular weight excluding hydrogens is 296 g/mol. The third kappa shape index (κ3) is 2.96. The van der Waals surface area contributed by atoms with Crippen LogP contribution in [0.5, 0.6) is 0 Å². The van der Waals surface area contributed by atoms with Gasteiger partial charge in [0.2, 0.25) is 0 Å². The molecule has 0 saturated heterocycles. The smallest absolute Gasteiger partial charge is 0.330 e. The Bertz CT molecular complexity index is 766. The van der Waals surface area contributed by atoms with E-state index in [2.05, 4.69) is 4.98 Å². The molecule has 0 bridgehead atoms. The number of hydrogen-bond donors (Lipinski definition) is 0. The molecule has 0 atom stereocenters. The average Bonchev–Trinajstić information content (AvgIpc) is 2.79. The molecular formula is C17H14N2O4. The fraction of sp³-hybridized carbons (Fsp3) is 0.176. The lowest BCUT2D eigenvalue weighted by molar-refractivity contribution is -0.168. The second kappa shape index (κ2) is 6.00. The molecule has 23 heavy (non-hydrogen) atoms. The molecule has 0 radical (unpaired) electrons. The van der Waals surface area contributed by atoms with Gasteiger partial charge in [-0.15, -0.1) is 0 Å². The summed E-state index contributed by atoms with van der Waals surface area (Å²) in [6.45, 7) is 1.91. The van der Waals surface area contributed by atoms with Crippen LogP contribution in [0.2, 0.25) is 0 Å². The van der Waals surface area contributed by atoms with Crippen molar-refractivity contribution in [1.29, 1.82) is 0 Å². The van der Waals surface area contributed by atoms with E-state index in [-0.39, 0.29) is 17.5 Å². The summed E-state index contributed by atoms with van der Waals surface area (Å²) < 4.78 is 0. The van der Waals surface area contributed by atoms with Crippen molar-refractivity contribution >= 4 is 17.8 Å². The Morgan fingerprint density at radius 2 is 1.78 bits per heavy atom. The predicted octanol–water partition coefficient (Wildman–Crippen LogP) is 2.08. The van der Waals surface area contributed by atoms with Gasteiger partial charge in [0.05, 0.1) is 17.5 Å². The van der Waals surface area contributed by atoms with E-state index in [0.717, 1.165) is 11.1 Å². The van der Waals surface area contributed by atoms with Crippen LogP contribution in [-0.2, 0) is 16.1 Å². The van der Waals surface area contributed by atoms with Crippen LogP contribution < -0.4 is 0 Å². The number of pyridine rings is 1. The van der Waals surface area contributed by atoms with Crippen LogP contribution in [0, 0.1) is 6.92 Å². The highest BCUT2D eigenvalue weighted by Gasteiger charge is 2.38. The van der Waals surface area contributed by atoms with Crippen molar-refractivity contribution in [2.45, 2.75) is 19.8 Å². The molecule has 0 aliphatic carbocycles. The second-order valence-corrected chi connectivity index (χ2v) is 5.28. The number of nitrogens with zero attached hydrogens (tertiary/aromatic N) is 2. The molecule has 2 aromatic rings. The molecule has 0 fully saturated rings. The Balaban J connectivity index is 1.63. The summed E-state index contributed by atoms with van der Waals surface area (Å²) in [5.41, 5.74) is 2.38. The first-order valence-electron chi connectivity index (χ1n) is 7.15. The number of carbonyl (C=O) groups excluding carboxylic acids is 3. The average molecular weight is 310 g/mol. The Hall–Kier alpha value is -3.02. The van der Waals surface area contributed by atoms with Crippen molar-refractivity contribution in [3.8, 4) is 0 Å². The summed E-state index contributed by atoms with van der Waals surface area (Å²) >= 11 is 0. The van der Waals surface area contributed by atoms with Crippen LogP contribution >= 0.6 is 0 Å². The summed E-state index contributed by atoms with van der Waals surface area (Å²) in [6.07, 6.45) is 3.87. The van der Waals surface area contributed by atoms with Crippen molar-refractivity contribution in [3.05, 3.63) is 65.0 Å². The van der Waals surface area contributed by atoms with Crippen LogP contribution in [-0.4, -0.2) is 27.8 Å². The minimum absolute atomic E-state index is 0.0541. The Morgan fingerprint density at radius 3 is 2.39 bits per heavy atom. The Kier molecular flexibility index (Phi) is 3.89. The van der Waals surface area contributed by atoms with E-state index in [1.807, 2.05) is 13.0 Å². The zero-order valence-electron chi connectivity index (χ0n) is 12.5. The number of hydroxylamine groups is 2. The lowest BCUT2D eigenvalue weighted by Crippen LogP contribution is -2.32. The van der Waals surface area contributed by atoms with Crippen molar-refractivity contribution in [2.24, 2.45) is 0 Å². The molecule has 6 nitrogen and oxygen atoms in total. The lowest BCUT2D eigenvalue weighted by Gasteiger charge is -2.12. The zero-order valence-corrected chi connectivity index (χ0v) is 12.5. The standard InChI is InChI=1S/C17H14N2O4/c1-11-8-12(10-18-9-11)6-7-15(20)23-19-16(21)13-4-2-3-5-14(13)17(19)22/h2-5,8-10H,6-7H2,1H3. The molecule has 3 rings (SSSR count). The van der Waals surface area contributed by atoms with Crippen LogP contribution in [0.15, 0.2) is 42.7 Å². The first-order chi connectivity index (χ1) is 11.1. The van der Waals surface area contributed by atoms with Crippen LogP contribution in [0.3, 0.4) is 0 Å². The van der Waals surface area contributed by atoms with Gasteiger partial charge in [0.15, 0.2) is 0 Å². The van der Waals surface area contributed by atoms with Crippen molar-refractivity contribution in [2.75, 3.05) is 0 Å². The normalized spacial score (nSPS) is 13.2. The first-order valence-corrected chi connectivity index (χ1v) is 7.15. The summed E-state index contributed by atoms with van der Waals surface area (Å²) in [6, 6.07) is 8.28. The molecule has 1 aliphatic heterocycles. The number of rotatable bonds is 4. The van der Waals surface area contributed by atoms with E-state index >= 15 is 0 Å². The van der Waals surface area contributed by atoms with Crippen LogP contribution in [0.4, 0.5) is 0 Å². The van der Waals surface area contributed by atoms with Gasteiger partial charge in [-0.3, -0.25) is 14.6 Å². The van der Waals surface area contributed by atoms with Gasteiger partial charge in [-0.2, -0.15) is 0 Å². The molecule has 2 heterocycles. The SMILES string of the molecule is Cc1cncc(CCC(=O)ON2C(=O)c3ccccc3C2=O)c1. The maximum absolute atomic E-state index is 12.1. The number of imide groups is 1. The number of aromatic nitrogens is 1. The molecule has 1 aliphatic rings. The first kappa shape index (κ1) is 14.9. The largest absolute Gasteiger partial charge is 0.333 e. The number of amides is 2. The van der Waals surface area contributed by atoms with Crippen molar-refractivity contribution in [1.82, 2.24) is 10.0 Å². The Morgan fingerprint density at radius 1 is 1.13 bits per heavy atom. The van der Waals surface area contributed by atoms with E-state index in [9.17, 15) is 14.4 Å². The van der Waals surface area contributed by atoms with Gasteiger partial charge in [0.1, 0.15) is 0 Å². The second-order valence-electron chi connectivity index (χ2n) is 5.28. The monoisotopic (exact) mass is 310 g/mol. The minimum atomic E-state index is -0.638. The number of hydrogen-bond acceptors (Lipinski definition) is 5. The molecule has 0 saturated carbocycles. The van der Waals surface area contributed by atoms with Crippen molar-refractivity contribution in [3.63, 3.8) is 0 Å². The van der Waals surface area contributed by atoms with Gasteiger partial charge in [0.25, 0.3) is 11.8 Å². The number of benzene rings is 1. The highest BCUT2D eigenvalue weighted by Crippen LogP contribution is 2.22. The summed E-state index contributed by atoms with van der Waals surface area (Å²) in [4.78, 5) is 45.1. The van der Waals surface area contributed by atoms with Gasteiger partial charge >= 0.3 is 5.97 Å². The maximum atomic E-state index is 12.1. The third-order valence-corrected chi connectivity index (χ3v) is 3.50. The molecule has 6 heteroatoms. The summed E-state index contributed by atoms with van der Waals surface area (Å²) in [5, 5.41) is 0.529. The molecule has 1 aromatic heterocycles. The maximum Gasteiger partial charge on any atom is 0.333 e. The molecule has 2 amide bonds. The fourth-order valence-electron chi connectivity index (χ4n) is 2.40. The topological polar surface area (TPSA) is 76.6 Å². The van der Waals surface area contributed by atoms with Gasteiger partial charge in [-0.25, -0.2) is 4.79 Å². The molecule has 1 aromatic carbocycles. The molecule has 0 N–H and O–H groups in total. The molecule has 116 valence electrons. The summed E-state index contributed by atoms with van der Waals surface area (Å²) in [5.74, 6) is -1.87. The van der Waals surface area contributed by atoms with Gasteiger partial charge in [0, 0.05) is 12.4 Å². The summed E-state index contributed by atoms with van der Waals surface area (Å²) in [7, 11) is 0. The highest BCUT2D eigenvalue weighted by atomic mass is 16.7. The molecule has 0 spiro atoms. The van der Waals surface area contributed by atoms with Crippen LogP contribution in [0.1, 0.15) is 38.3 Å². The van der Waals surface area contributed by atoms with Gasteiger partial charge in [-0.05, 0) is 36.6 Å². The zero-order chi connectivity index (χ0) is 16.4. The van der Waals surface area contributed by atoms with Crippen molar-refractivity contribution < 1.29 is 19.2 Å². The predicted molar refractivity (Wildman–Crippen MR) is 80.3 cm³/mol. The van der Waals surface area contributed by atoms with E-state index in [1.54, 1.807) is 24.5 Å². The number of aryl methyl sites for hydroxylation is 2. The molecule has 0 unspecified atom stereocenters. The highest BCUT2D eigenvalue weighted by molar-refractivity contribution is 6.20. The Labute approximate surface area is 132 Å². The lowest BCUT2D eigenvalue weighted by atomic mass is 10.1.